The second-order valence-electron chi connectivity index (χ2n) is 3.59. The molecule has 1 aromatic heterocycles. The molecule has 0 fully saturated rings. The Morgan fingerprint density at radius 1 is 1.48 bits per heavy atom. The van der Waals surface area contributed by atoms with Crippen LogP contribution in [0.4, 0.5) is 11.4 Å². The number of aromatic nitrogens is 1. The molecule has 0 bridgehead atoms. The zero-order valence-electron chi connectivity index (χ0n) is 13.9. The highest BCUT2D eigenvalue weighted by Gasteiger charge is 2.39. The van der Waals surface area contributed by atoms with Gasteiger partial charge in [-0.25, -0.2) is 4.98 Å². The quantitative estimate of drug-likeness (QED) is 0.281. The maximum absolute atomic E-state index is 11.8. The van der Waals surface area contributed by atoms with E-state index >= 15 is 0 Å². The smallest absolute Gasteiger partial charge is 0.326 e. The molecule has 0 saturated heterocycles. The van der Waals surface area contributed by atoms with E-state index in [4.69, 9.17) is 15.7 Å². The fourth-order valence-corrected chi connectivity index (χ4v) is 1.77. The molecule has 10 heteroatoms. The normalized spacial score (nSPS) is 12.9. The Kier molecular flexibility index (Phi) is 4.02. The number of ether oxygens (including phenoxy) is 2. The molecule has 0 aliphatic heterocycles. The summed E-state index contributed by atoms with van der Waals surface area (Å²) in [6, 6.07) is 0.890. The van der Waals surface area contributed by atoms with E-state index < -0.39 is 46.8 Å². The molecule has 0 amide bonds. The van der Waals surface area contributed by atoms with Gasteiger partial charge >= 0.3 is 17.6 Å². The van der Waals surface area contributed by atoms with E-state index in [1.54, 1.807) is 0 Å². The topological polar surface area (TPSA) is 121 Å². The summed E-state index contributed by atoms with van der Waals surface area (Å²) in [6.45, 7) is -2.79. The molecule has 0 atom stereocenters. The van der Waals surface area contributed by atoms with Gasteiger partial charge in [0.25, 0.3) is 0 Å². The number of hydrogen-bond acceptors (Lipinski definition) is 8. The van der Waals surface area contributed by atoms with Crippen molar-refractivity contribution in [2.75, 3.05) is 26.5 Å². The van der Waals surface area contributed by atoms with Gasteiger partial charge in [-0.15, -0.1) is 0 Å². The number of nitro groups is 1. The van der Waals surface area contributed by atoms with Gasteiger partial charge in [0.05, 0.1) is 19.1 Å². The van der Waals surface area contributed by atoms with Crippen molar-refractivity contribution in [3.05, 3.63) is 27.0 Å². The molecule has 0 aliphatic carbocycles. The Balaban J connectivity index is 3.69. The molecular formula is C11H12ClN3O6. The Morgan fingerprint density at radius 2 is 2.05 bits per heavy atom. The summed E-state index contributed by atoms with van der Waals surface area (Å²) in [4.78, 5) is 37.7. The molecule has 0 aromatic carbocycles. The van der Waals surface area contributed by atoms with E-state index in [1.165, 1.54) is 0 Å². The third-order valence-corrected chi connectivity index (χ3v) is 2.65. The largest absolute Gasteiger partial charge is 0.468 e. The van der Waals surface area contributed by atoms with Crippen LogP contribution in [-0.4, -0.2) is 43.0 Å². The lowest BCUT2D eigenvalue weighted by molar-refractivity contribution is -0.385. The van der Waals surface area contributed by atoms with Gasteiger partial charge in [0.2, 0.25) is 5.92 Å². The minimum absolute atomic E-state index is 0.375. The number of pyridine rings is 1. The predicted octanol–water partition coefficient (Wildman–Crippen LogP) is 1.11. The number of esters is 2. The Bertz CT molecular complexity index is 666. The third kappa shape index (κ3) is 3.37. The molecule has 1 rings (SSSR count). The molecule has 0 saturated carbocycles. The minimum atomic E-state index is -2.79. The first-order valence-corrected chi connectivity index (χ1v) is 5.68. The molecule has 0 radical (unpaired) electrons. The van der Waals surface area contributed by atoms with E-state index in [2.05, 4.69) is 14.5 Å². The number of methoxy groups -OCH3 is 2. The maximum Gasteiger partial charge on any atom is 0.326 e. The van der Waals surface area contributed by atoms with Crippen molar-refractivity contribution in [2.45, 2.75) is 5.92 Å². The van der Waals surface area contributed by atoms with Crippen LogP contribution in [0.2, 0.25) is 5.15 Å². The number of hydrogen-bond donors (Lipinski definition) is 1. The minimum Gasteiger partial charge on any atom is -0.468 e. The van der Waals surface area contributed by atoms with Gasteiger partial charge in [0, 0.05) is 17.2 Å². The molecule has 1 N–H and O–H groups in total. The van der Waals surface area contributed by atoms with Gasteiger partial charge in [0.1, 0.15) is 16.5 Å². The van der Waals surface area contributed by atoms with Crippen molar-refractivity contribution in [1.82, 2.24) is 4.98 Å². The number of carbonyl (C=O) groups excluding carboxylic acids is 2. The van der Waals surface area contributed by atoms with Crippen molar-refractivity contribution >= 4 is 34.9 Å². The molecule has 114 valence electrons. The first-order valence-electron chi connectivity index (χ1n) is 6.80. The van der Waals surface area contributed by atoms with Gasteiger partial charge < -0.3 is 14.8 Å². The second-order valence-corrected chi connectivity index (χ2v) is 3.98. The highest BCUT2D eigenvalue weighted by molar-refractivity contribution is 6.29. The number of carbonyl (C=O) groups is 2. The van der Waals surface area contributed by atoms with Crippen LogP contribution in [0.25, 0.3) is 0 Å². The summed E-state index contributed by atoms with van der Waals surface area (Å²) in [6.07, 6.45) is 0. The average molecular weight is 321 g/mol. The first kappa shape index (κ1) is 12.3. The van der Waals surface area contributed by atoms with Crippen LogP contribution in [0.3, 0.4) is 0 Å². The molecule has 9 nitrogen and oxygen atoms in total. The summed E-state index contributed by atoms with van der Waals surface area (Å²) >= 11 is 5.73. The Hall–Kier alpha value is -2.42. The zero-order chi connectivity index (χ0) is 18.7. The molecule has 21 heavy (non-hydrogen) atoms. The lowest BCUT2D eigenvalue weighted by Crippen LogP contribution is -2.26. The van der Waals surface area contributed by atoms with E-state index in [0.29, 0.717) is 0 Å². The van der Waals surface area contributed by atoms with Crippen molar-refractivity contribution in [3.63, 3.8) is 0 Å². The van der Waals surface area contributed by atoms with E-state index in [9.17, 15) is 19.7 Å². The monoisotopic (exact) mass is 320 g/mol. The fraction of sp³-hybridized carbons (Fsp3) is 0.364. The van der Waals surface area contributed by atoms with Crippen molar-refractivity contribution in [1.29, 1.82) is 0 Å². The highest BCUT2D eigenvalue weighted by atomic mass is 35.5. The van der Waals surface area contributed by atoms with Crippen molar-refractivity contribution in [3.8, 4) is 0 Å². The van der Waals surface area contributed by atoms with Crippen LogP contribution in [0.15, 0.2) is 6.07 Å². The van der Waals surface area contributed by atoms with Crippen molar-refractivity contribution < 1.29 is 28.1 Å². The Labute approximate surface area is 128 Å². The fourth-order valence-electron chi connectivity index (χ4n) is 1.57. The van der Waals surface area contributed by atoms with Crippen molar-refractivity contribution in [2.24, 2.45) is 0 Å². The summed E-state index contributed by atoms with van der Waals surface area (Å²) < 4.78 is 30.3. The molecular weight excluding hydrogens is 306 g/mol. The van der Waals surface area contributed by atoms with Gasteiger partial charge in [-0.2, -0.15) is 0 Å². The maximum atomic E-state index is 11.8. The van der Waals surface area contributed by atoms with E-state index in [1.807, 2.05) is 5.32 Å². The number of halogens is 1. The summed E-state index contributed by atoms with van der Waals surface area (Å²) in [5.74, 6) is -4.27. The van der Waals surface area contributed by atoms with E-state index in [-0.39, 0.29) is 5.15 Å². The Morgan fingerprint density at radius 3 is 2.48 bits per heavy atom. The van der Waals surface area contributed by atoms with Crippen LogP contribution in [0.1, 0.15) is 15.7 Å². The molecule has 1 aromatic rings. The number of nitrogens with one attached hydrogen (secondary N) is 1. The standard InChI is InChI=1S/C11H12ClN3O6/c1-13-5-4-6(12)14-8(9(5)15(18)19)7(10(16)20-2)11(17)21-3/h4,7H,1-3H3,(H,13,14)/i1D3. The first-order chi connectivity index (χ1) is 11.0. The highest BCUT2D eigenvalue weighted by Crippen LogP contribution is 2.35. The second kappa shape index (κ2) is 6.84. The van der Waals surface area contributed by atoms with Gasteiger partial charge in [-0.3, -0.25) is 19.7 Å². The number of rotatable bonds is 5. The number of anilines is 1. The lowest BCUT2D eigenvalue weighted by atomic mass is 10.0. The third-order valence-electron chi connectivity index (χ3n) is 2.45. The van der Waals surface area contributed by atoms with Crippen LogP contribution >= 0.6 is 11.6 Å². The molecule has 0 aliphatic rings. The predicted molar refractivity (Wildman–Crippen MR) is 72.2 cm³/mol. The average Bonchev–Trinajstić information content (AvgIpc) is 2.44. The zero-order valence-corrected chi connectivity index (χ0v) is 11.6. The van der Waals surface area contributed by atoms with Gasteiger partial charge in [0.15, 0.2) is 0 Å². The summed E-state index contributed by atoms with van der Waals surface area (Å²) in [7, 11) is 1.91. The SMILES string of the molecule is [2H]C([2H])([2H])Nc1cc(Cl)nc(C(C(=O)OC)C(=O)OC)c1[N+](=O)[O-]. The van der Waals surface area contributed by atoms with Crippen LogP contribution < -0.4 is 5.32 Å². The molecule has 0 spiro atoms. The van der Waals surface area contributed by atoms with Crippen LogP contribution in [-0.2, 0) is 19.1 Å². The van der Waals surface area contributed by atoms with Crippen LogP contribution in [0.5, 0.6) is 0 Å². The van der Waals surface area contributed by atoms with Gasteiger partial charge in [-0.05, 0) is 0 Å². The molecule has 0 unspecified atom stereocenters. The number of nitrogens with zero attached hydrogens (tertiary/aromatic N) is 2. The van der Waals surface area contributed by atoms with Crippen LogP contribution in [0, 0.1) is 10.1 Å². The van der Waals surface area contributed by atoms with Gasteiger partial charge in [-0.1, -0.05) is 11.6 Å². The molecule has 1 heterocycles. The summed E-state index contributed by atoms with van der Waals surface area (Å²) in [5.41, 5.74) is -2.14. The van der Waals surface area contributed by atoms with E-state index in [0.717, 1.165) is 20.3 Å². The lowest BCUT2D eigenvalue weighted by Gasteiger charge is -2.14. The summed E-state index contributed by atoms with van der Waals surface area (Å²) in [5, 5.41) is 12.9.